The first-order valence-corrected chi connectivity index (χ1v) is 10.5. The van der Waals surface area contributed by atoms with Crippen LogP contribution in [-0.2, 0) is 4.79 Å². The molecule has 0 unspecified atom stereocenters. The molecule has 0 saturated heterocycles. The number of ether oxygens (including phenoxy) is 1. The second kappa shape index (κ2) is 8.58. The minimum Gasteiger partial charge on any atom is -0.497 e. The maximum Gasteiger partial charge on any atom is 0.272 e. The van der Waals surface area contributed by atoms with E-state index in [1.165, 1.54) is 23.1 Å². The van der Waals surface area contributed by atoms with Crippen LogP contribution in [0.2, 0.25) is 0 Å². The number of thiophene rings is 1. The van der Waals surface area contributed by atoms with Crippen molar-refractivity contribution in [1.29, 1.82) is 0 Å². The molecule has 0 saturated carbocycles. The molecule has 0 aliphatic carbocycles. The summed E-state index contributed by atoms with van der Waals surface area (Å²) in [5, 5.41) is 5.28. The van der Waals surface area contributed by atoms with E-state index < -0.39 is 0 Å². The van der Waals surface area contributed by atoms with Crippen molar-refractivity contribution in [3.8, 4) is 5.75 Å². The Labute approximate surface area is 165 Å². The van der Waals surface area contributed by atoms with E-state index in [0.29, 0.717) is 21.1 Å². The van der Waals surface area contributed by atoms with Crippen LogP contribution in [0.1, 0.15) is 26.3 Å². The van der Waals surface area contributed by atoms with Crippen LogP contribution < -0.4 is 15.6 Å². The fourth-order valence-corrected chi connectivity index (χ4v) is 4.24. The predicted molar refractivity (Wildman–Crippen MR) is 111 cm³/mol. The van der Waals surface area contributed by atoms with Gasteiger partial charge in [0, 0.05) is 11.7 Å². The first-order valence-electron chi connectivity index (χ1n) is 8.60. The van der Waals surface area contributed by atoms with E-state index in [-0.39, 0.29) is 23.3 Å². The van der Waals surface area contributed by atoms with Gasteiger partial charge >= 0.3 is 0 Å². The summed E-state index contributed by atoms with van der Waals surface area (Å²) in [5.41, 5.74) is 1.34. The largest absolute Gasteiger partial charge is 0.497 e. The third kappa shape index (κ3) is 4.33. The van der Waals surface area contributed by atoms with Gasteiger partial charge in [-0.1, -0.05) is 18.7 Å². The average molecular weight is 404 g/mol. The minimum absolute atomic E-state index is 0.0173. The number of hydrogen-bond donors (Lipinski definition) is 1. The van der Waals surface area contributed by atoms with Crippen molar-refractivity contribution in [3.05, 3.63) is 46.1 Å². The second-order valence-electron chi connectivity index (χ2n) is 6.03. The molecular weight excluding hydrogens is 382 g/mol. The molecule has 0 spiro atoms. The number of aromatic nitrogens is 2. The lowest BCUT2D eigenvalue weighted by molar-refractivity contribution is -0.113. The van der Waals surface area contributed by atoms with Crippen molar-refractivity contribution < 1.29 is 9.53 Å². The van der Waals surface area contributed by atoms with E-state index in [2.05, 4.69) is 10.3 Å². The van der Waals surface area contributed by atoms with Crippen LogP contribution in [-0.4, -0.2) is 28.3 Å². The van der Waals surface area contributed by atoms with Gasteiger partial charge in [0.15, 0.2) is 5.16 Å². The Balaban J connectivity index is 1.77. The molecule has 2 aromatic heterocycles. The third-order valence-corrected chi connectivity index (χ3v) is 6.06. The van der Waals surface area contributed by atoms with Crippen molar-refractivity contribution in [2.45, 2.75) is 31.5 Å². The van der Waals surface area contributed by atoms with Crippen molar-refractivity contribution in [1.82, 2.24) is 9.55 Å². The smallest absolute Gasteiger partial charge is 0.272 e. The fourth-order valence-electron chi connectivity index (χ4n) is 2.58. The Morgan fingerprint density at radius 1 is 1.33 bits per heavy atom. The van der Waals surface area contributed by atoms with Gasteiger partial charge in [-0.3, -0.25) is 14.2 Å². The molecule has 1 amide bonds. The number of fused-ring (bicyclic) bond motifs is 1. The minimum atomic E-state index is -0.152. The molecule has 0 aliphatic heterocycles. The highest BCUT2D eigenvalue weighted by Crippen LogP contribution is 2.24. The van der Waals surface area contributed by atoms with Crippen molar-refractivity contribution in [3.63, 3.8) is 0 Å². The van der Waals surface area contributed by atoms with Gasteiger partial charge in [0.2, 0.25) is 5.91 Å². The van der Waals surface area contributed by atoms with E-state index in [4.69, 9.17) is 4.74 Å². The molecule has 0 radical (unpaired) electrons. The zero-order valence-corrected chi connectivity index (χ0v) is 17.0. The van der Waals surface area contributed by atoms with Crippen LogP contribution in [0.5, 0.6) is 5.75 Å². The predicted octanol–water partition coefficient (Wildman–Crippen LogP) is 4.17. The standard InChI is InChI=1S/C19H21N3O3S2/c1-4-12(2)22-18(24)17-15(9-10-26-17)21-19(22)27-11-16(23)20-13-5-7-14(25-3)8-6-13/h5-10,12H,4,11H2,1-3H3,(H,20,23)/t12-/m0/s1. The monoisotopic (exact) mass is 403 g/mol. The SMILES string of the molecule is CC[C@H](C)n1c(SCC(=O)Nc2ccc(OC)cc2)nc2ccsc2c1=O. The number of hydrogen-bond acceptors (Lipinski definition) is 6. The fraction of sp³-hybridized carbons (Fsp3) is 0.316. The van der Waals surface area contributed by atoms with Gasteiger partial charge in [-0.2, -0.15) is 0 Å². The highest BCUT2D eigenvalue weighted by atomic mass is 32.2. The maximum absolute atomic E-state index is 12.8. The van der Waals surface area contributed by atoms with Crippen molar-refractivity contribution >= 4 is 44.9 Å². The number of anilines is 1. The molecule has 1 atom stereocenters. The number of rotatable bonds is 7. The molecule has 3 aromatic rings. The van der Waals surface area contributed by atoms with E-state index in [1.54, 1.807) is 35.9 Å². The first kappa shape index (κ1) is 19.4. The van der Waals surface area contributed by atoms with Crippen LogP contribution in [0.4, 0.5) is 5.69 Å². The normalized spacial score (nSPS) is 12.1. The lowest BCUT2D eigenvalue weighted by Gasteiger charge is -2.17. The number of amides is 1. The van der Waals surface area contributed by atoms with Gasteiger partial charge < -0.3 is 10.1 Å². The van der Waals surface area contributed by atoms with Crippen molar-refractivity contribution in [2.24, 2.45) is 0 Å². The number of nitrogens with one attached hydrogen (secondary N) is 1. The number of carbonyl (C=O) groups is 1. The van der Waals surface area contributed by atoms with E-state index in [0.717, 1.165) is 12.2 Å². The van der Waals surface area contributed by atoms with Gasteiger partial charge in [-0.25, -0.2) is 4.98 Å². The number of thioether (sulfide) groups is 1. The highest BCUT2D eigenvalue weighted by molar-refractivity contribution is 7.99. The van der Waals surface area contributed by atoms with E-state index in [9.17, 15) is 9.59 Å². The summed E-state index contributed by atoms with van der Waals surface area (Å²) >= 11 is 2.68. The Kier molecular flexibility index (Phi) is 6.18. The lowest BCUT2D eigenvalue weighted by atomic mass is 10.2. The summed E-state index contributed by atoms with van der Waals surface area (Å²) in [7, 11) is 1.60. The van der Waals surface area contributed by atoms with Gasteiger partial charge in [-0.05, 0) is 49.1 Å². The summed E-state index contributed by atoms with van der Waals surface area (Å²) in [6, 6.07) is 9.00. The number of benzene rings is 1. The van der Waals surface area contributed by atoms with Gasteiger partial charge in [0.25, 0.3) is 5.56 Å². The van der Waals surface area contributed by atoms with Gasteiger partial charge in [0.05, 0.1) is 18.4 Å². The molecule has 1 aromatic carbocycles. The molecule has 6 nitrogen and oxygen atoms in total. The Morgan fingerprint density at radius 3 is 2.74 bits per heavy atom. The van der Waals surface area contributed by atoms with Crippen molar-refractivity contribution in [2.75, 3.05) is 18.2 Å². The van der Waals surface area contributed by atoms with Crippen LogP contribution in [0.3, 0.4) is 0 Å². The summed E-state index contributed by atoms with van der Waals surface area (Å²) in [6.07, 6.45) is 0.810. The van der Waals surface area contributed by atoms with Gasteiger partial charge in [-0.15, -0.1) is 11.3 Å². The maximum atomic E-state index is 12.8. The zero-order chi connectivity index (χ0) is 19.4. The summed E-state index contributed by atoms with van der Waals surface area (Å²) in [6.45, 7) is 4.02. The van der Waals surface area contributed by atoms with Crippen LogP contribution >= 0.6 is 23.1 Å². The highest BCUT2D eigenvalue weighted by Gasteiger charge is 2.17. The molecule has 2 heterocycles. The Morgan fingerprint density at radius 2 is 2.07 bits per heavy atom. The number of methoxy groups -OCH3 is 1. The van der Waals surface area contributed by atoms with E-state index >= 15 is 0 Å². The topological polar surface area (TPSA) is 73.2 Å². The average Bonchev–Trinajstić information content (AvgIpc) is 3.15. The summed E-state index contributed by atoms with van der Waals surface area (Å²) in [4.78, 5) is 29.7. The van der Waals surface area contributed by atoms with Crippen LogP contribution in [0.25, 0.3) is 10.2 Å². The molecule has 0 aliphatic rings. The quantitative estimate of drug-likeness (QED) is 0.473. The third-order valence-electron chi connectivity index (χ3n) is 4.22. The first-order chi connectivity index (χ1) is 13.0. The summed E-state index contributed by atoms with van der Waals surface area (Å²) < 4.78 is 7.46. The second-order valence-corrected chi connectivity index (χ2v) is 7.89. The number of carbonyl (C=O) groups excluding carboxylic acids is 1. The Hall–Kier alpha value is -2.32. The summed E-state index contributed by atoms with van der Waals surface area (Å²) in [5.74, 6) is 0.749. The molecule has 142 valence electrons. The van der Waals surface area contributed by atoms with Crippen LogP contribution in [0, 0.1) is 0 Å². The number of nitrogens with zero attached hydrogens (tertiary/aromatic N) is 2. The molecule has 0 fully saturated rings. The molecular formula is C19H21N3O3S2. The molecule has 0 bridgehead atoms. The zero-order valence-electron chi connectivity index (χ0n) is 15.4. The Bertz CT molecular complexity index is 996. The molecule has 1 N–H and O–H groups in total. The van der Waals surface area contributed by atoms with Crippen LogP contribution in [0.15, 0.2) is 45.7 Å². The molecule has 3 rings (SSSR count). The molecule has 8 heteroatoms. The lowest BCUT2D eigenvalue weighted by Crippen LogP contribution is -2.26. The molecule has 27 heavy (non-hydrogen) atoms. The van der Waals surface area contributed by atoms with Gasteiger partial charge in [0.1, 0.15) is 10.4 Å². The van der Waals surface area contributed by atoms with E-state index in [1.807, 2.05) is 25.3 Å².